The molecule has 114 valence electrons. The van der Waals surface area contributed by atoms with Gasteiger partial charge in [0.25, 0.3) is 5.56 Å². The van der Waals surface area contributed by atoms with Crippen LogP contribution in [-0.4, -0.2) is 29.4 Å². The Morgan fingerprint density at radius 3 is 2.60 bits per heavy atom. The summed E-state index contributed by atoms with van der Waals surface area (Å²) < 4.78 is 2.07. The first-order chi connectivity index (χ1) is 9.36. The van der Waals surface area contributed by atoms with E-state index in [0.717, 1.165) is 25.2 Å². The lowest BCUT2D eigenvalue weighted by Gasteiger charge is -2.32. The lowest BCUT2D eigenvalue weighted by Crippen LogP contribution is -2.40. The first kappa shape index (κ1) is 17.2. The molecule has 1 heterocycles. The number of hydrogen-bond acceptors (Lipinski definition) is 4. The molecule has 1 aromatic heterocycles. The van der Waals surface area contributed by atoms with Gasteiger partial charge in [0.1, 0.15) is 4.47 Å². The van der Waals surface area contributed by atoms with Crippen molar-refractivity contribution in [2.75, 3.05) is 24.5 Å². The number of nitrogens with two attached hydrogens (primary N) is 1. The molecule has 0 aliphatic rings. The fraction of sp³-hybridized carbons (Fsp3) is 0.714. The molecule has 0 aliphatic carbocycles. The zero-order chi connectivity index (χ0) is 15.3. The van der Waals surface area contributed by atoms with Crippen LogP contribution in [0.15, 0.2) is 15.5 Å². The summed E-state index contributed by atoms with van der Waals surface area (Å²) in [6.45, 7) is 11.2. The summed E-state index contributed by atoms with van der Waals surface area (Å²) in [5.41, 5.74) is 6.56. The fourth-order valence-electron chi connectivity index (χ4n) is 2.00. The van der Waals surface area contributed by atoms with Crippen LogP contribution >= 0.6 is 15.9 Å². The largest absolute Gasteiger partial charge is 0.369 e. The van der Waals surface area contributed by atoms with Crippen molar-refractivity contribution in [2.24, 2.45) is 11.1 Å². The van der Waals surface area contributed by atoms with Gasteiger partial charge in [-0.05, 0) is 41.2 Å². The van der Waals surface area contributed by atoms with E-state index in [0.29, 0.717) is 17.6 Å². The van der Waals surface area contributed by atoms with Gasteiger partial charge in [-0.25, -0.2) is 4.68 Å². The van der Waals surface area contributed by atoms with Gasteiger partial charge in [-0.15, -0.1) is 0 Å². The maximum atomic E-state index is 12.2. The van der Waals surface area contributed by atoms with Crippen LogP contribution < -0.4 is 16.2 Å². The molecule has 0 saturated carbocycles. The molecule has 0 aromatic carbocycles. The number of hydrogen-bond donors (Lipinski definition) is 1. The van der Waals surface area contributed by atoms with Crippen LogP contribution in [0, 0.1) is 5.41 Å². The van der Waals surface area contributed by atoms with E-state index < -0.39 is 0 Å². The number of aryl methyl sites for hydroxylation is 1. The molecule has 6 heteroatoms. The van der Waals surface area contributed by atoms with E-state index >= 15 is 0 Å². The summed E-state index contributed by atoms with van der Waals surface area (Å²) >= 11 is 3.43. The second-order valence-electron chi connectivity index (χ2n) is 5.75. The summed E-state index contributed by atoms with van der Waals surface area (Å²) in [4.78, 5) is 14.4. The zero-order valence-electron chi connectivity index (χ0n) is 12.8. The van der Waals surface area contributed by atoms with E-state index in [1.54, 1.807) is 6.20 Å². The lowest BCUT2D eigenvalue weighted by atomic mass is 9.93. The van der Waals surface area contributed by atoms with Crippen LogP contribution in [0.25, 0.3) is 0 Å². The first-order valence-corrected chi connectivity index (χ1v) is 7.86. The van der Waals surface area contributed by atoms with Crippen molar-refractivity contribution in [2.45, 2.75) is 40.7 Å². The van der Waals surface area contributed by atoms with Crippen LogP contribution in [0.5, 0.6) is 0 Å². The summed E-state index contributed by atoms with van der Waals surface area (Å²) in [6.07, 6.45) is 2.65. The average molecular weight is 345 g/mol. The van der Waals surface area contributed by atoms with Crippen LogP contribution in [0.2, 0.25) is 0 Å². The van der Waals surface area contributed by atoms with Crippen LogP contribution in [-0.2, 0) is 6.54 Å². The Labute approximate surface area is 129 Å². The van der Waals surface area contributed by atoms with Crippen molar-refractivity contribution in [1.82, 2.24) is 9.78 Å². The van der Waals surface area contributed by atoms with Crippen molar-refractivity contribution in [1.29, 1.82) is 0 Å². The van der Waals surface area contributed by atoms with E-state index in [-0.39, 0.29) is 11.0 Å². The highest BCUT2D eigenvalue weighted by molar-refractivity contribution is 9.10. The molecule has 0 saturated heterocycles. The molecule has 0 bridgehead atoms. The van der Waals surface area contributed by atoms with Gasteiger partial charge in [0, 0.05) is 19.6 Å². The third-order valence-electron chi connectivity index (χ3n) is 3.30. The SMILES string of the molecule is CCCn1ncc(N(CC)CC(C)(C)CN)c(Br)c1=O. The first-order valence-electron chi connectivity index (χ1n) is 7.07. The highest BCUT2D eigenvalue weighted by atomic mass is 79.9. The number of rotatable bonds is 7. The fourth-order valence-corrected chi connectivity index (χ4v) is 2.55. The summed E-state index contributed by atoms with van der Waals surface area (Å²) in [6, 6.07) is 0. The Kier molecular flexibility index (Phi) is 6.20. The minimum Gasteiger partial charge on any atom is -0.369 e. The third kappa shape index (κ3) is 4.06. The van der Waals surface area contributed by atoms with Crippen LogP contribution in [0.1, 0.15) is 34.1 Å². The highest BCUT2D eigenvalue weighted by Crippen LogP contribution is 2.25. The van der Waals surface area contributed by atoms with Gasteiger partial charge in [-0.2, -0.15) is 5.10 Å². The molecule has 0 unspecified atom stereocenters. The van der Waals surface area contributed by atoms with Gasteiger partial charge in [-0.1, -0.05) is 20.8 Å². The molecule has 5 nitrogen and oxygen atoms in total. The van der Waals surface area contributed by atoms with E-state index in [9.17, 15) is 4.79 Å². The predicted molar refractivity (Wildman–Crippen MR) is 87.2 cm³/mol. The molecule has 20 heavy (non-hydrogen) atoms. The number of halogens is 1. The normalized spacial score (nSPS) is 11.7. The molecule has 2 N–H and O–H groups in total. The van der Waals surface area contributed by atoms with Gasteiger partial charge in [-0.3, -0.25) is 4.79 Å². The smallest absolute Gasteiger partial charge is 0.283 e. The van der Waals surface area contributed by atoms with Crippen molar-refractivity contribution in [3.05, 3.63) is 21.0 Å². The Hall–Kier alpha value is -0.880. The Morgan fingerprint density at radius 2 is 2.10 bits per heavy atom. The number of anilines is 1. The minimum absolute atomic E-state index is 0.00622. The highest BCUT2D eigenvalue weighted by Gasteiger charge is 2.22. The monoisotopic (exact) mass is 344 g/mol. The quantitative estimate of drug-likeness (QED) is 0.823. The van der Waals surface area contributed by atoms with E-state index in [2.05, 4.69) is 46.7 Å². The van der Waals surface area contributed by atoms with Gasteiger partial charge >= 0.3 is 0 Å². The van der Waals surface area contributed by atoms with E-state index in [1.165, 1.54) is 4.68 Å². The summed E-state index contributed by atoms with van der Waals surface area (Å²) in [7, 11) is 0. The second-order valence-corrected chi connectivity index (χ2v) is 6.55. The molecular weight excluding hydrogens is 320 g/mol. The number of aromatic nitrogens is 2. The minimum atomic E-state index is -0.0756. The number of nitrogens with zero attached hydrogens (tertiary/aromatic N) is 3. The third-order valence-corrected chi connectivity index (χ3v) is 4.04. The second kappa shape index (κ2) is 7.22. The van der Waals surface area contributed by atoms with Gasteiger partial charge in [0.05, 0.1) is 11.9 Å². The standard InChI is InChI=1S/C14H25BrN4O/c1-5-7-19-13(20)12(15)11(8-17-19)18(6-2)10-14(3,4)9-16/h8H,5-7,9-10,16H2,1-4H3. The molecule has 0 atom stereocenters. The van der Waals surface area contributed by atoms with Gasteiger partial charge in [0.15, 0.2) is 0 Å². The van der Waals surface area contributed by atoms with E-state index in [1.807, 2.05) is 6.92 Å². The van der Waals surface area contributed by atoms with Crippen LogP contribution in [0.4, 0.5) is 5.69 Å². The van der Waals surface area contributed by atoms with Gasteiger partial charge in [0.2, 0.25) is 0 Å². The topological polar surface area (TPSA) is 64.2 Å². The molecule has 0 amide bonds. The molecular formula is C14H25BrN4O. The van der Waals surface area contributed by atoms with Gasteiger partial charge < -0.3 is 10.6 Å². The van der Waals surface area contributed by atoms with Crippen molar-refractivity contribution < 1.29 is 0 Å². The lowest BCUT2D eigenvalue weighted by molar-refractivity contribution is 0.379. The molecule has 1 rings (SSSR count). The average Bonchev–Trinajstić information content (AvgIpc) is 2.42. The zero-order valence-corrected chi connectivity index (χ0v) is 14.4. The molecule has 1 aromatic rings. The molecule has 0 radical (unpaired) electrons. The maximum Gasteiger partial charge on any atom is 0.283 e. The maximum absolute atomic E-state index is 12.2. The predicted octanol–water partition coefficient (Wildman–Crippen LogP) is 2.23. The summed E-state index contributed by atoms with van der Waals surface area (Å²) in [5.74, 6) is 0. The van der Waals surface area contributed by atoms with Crippen molar-refractivity contribution >= 4 is 21.6 Å². The van der Waals surface area contributed by atoms with Crippen molar-refractivity contribution in [3.8, 4) is 0 Å². The molecule has 0 aliphatic heterocycles. The van der Waals surface area contributed by atoms with E-state index in [4.69, 9.17) is 5.73 Å². The molecule has 0 spiro atoms. The summed E-state index contributed by atoms with van der Waals surface area (Å²) in [5, 5.41) is 4.25. The Balaban J connectivity index is 3.11. The Bertz CT molecular complexity index is 498. The molecule has 0 fully saturated rings. The van der Waals surface area contributed by atoms with Crippen molar-refractivity contribution in [3.63, 3.8) is 0 Å². The van der Waals surface area contributed by atoms with Crippen LogP contribution in [0.3, 0.4) is 0 Å². The Morgan fingerprint density at radius 1 is 1.45 bits per heavy atom.